The van der Waals surface area contributed by atoms with E-state index in [-0.39, 0.29) is 18.2 Å². The van der Waals surface area contributed by atoms with Crippen molar-refractivity contribution in [2.24, 2.45) is 0 Å². The van der Waals surface area contributed by atoms with E-state index in [9.17, 15) is 9.59 Å². The molecule has 1 aliphatic rings. The highest BCUT2D eigenvalue weighted by Crippen LogP contribution is 2.23. The molecule has 0 radical (unpaired) electrons. The third-order valence-corrected chi connectivity index (χ3v) is 4.71. The van der Waals surface area contributed by atoms with E-state index in [1.165, 1.54) is 45.6 Å². The molecule has 0 bridgehead atoms. The van der Waals surface area contributed by atoms with Crippen molar-refractivity contribution in [1.29, 1.82) is 0 Å². The summed E-state index contributed by atoms with van der Waals surface area (Å²) in [6.07, 6.45) is 12.6. The average molecular weight is 382 g/mol. The summed E-state index contributed by atoms with van der Waals surface area (Å²) >= 11 is 0. The Balaban J connectivity index is 0.000000320. The van der Waals surface area contributed by atoms with Gasteiger partial charge in [-0.15, -0.1) is 0 Å². The van der Waals surface area contributed by atoms with Crippen LogP contribution in [0.15, 0.2) is 41.1 Å². The second-order valence-electron chi connectivity index (χ2n) is 6.78. The first-order valence-corrected chi connectivity index (χ1v) is 9.69. The standard InChI is InChI=1S/C15H14N4O3.C6H12/c1-16-14(20)8-19-15(21)13-3-2-12(22-13)11-6-10-9(7-18-11)4-5-17-10;1-2-4-6-5-3-1/h2-7,17H,8H2,1H3,(H,16,20)(H,19,21);1-6H2. The molecule has 0 aliphatic heterocycles. The predicted molar refractivity (Wildman–Crippen MR) is 108 cm³/mol. The lowest BCUT2D eigenvalue weighted by Gasteiger charge is -2.05. The molecule has 1 aliphatic carbocycles. The minimum atomic E-state index is -0.448. The van der Waals surface area contributed by atoms with Gasteiger partial charge in [0.15, 0.2) is 11.5 Å². The van der Waals surface area contributed by atoms with Gasteiger partial charge in [-0.25, -0.2) is 0 Å². The number of hydrogen-bond acceptors (Lipinski definition) is 4. The van der Waals surface area contributed by atoms with Gasteiger partial charge in [0.25, 0.3) is 5.91 Å². The molecule has 7 heteroatoms. The van der Waals surface area contributed by atoms with E-state index in [4.69, 9.17) is 4.42 Å². The monoisotopic (exact) mass is 382 g/mol. The van der Waals surface area contributed by atoms with Crippen molar-refractivity contribution in [2.45, 2.75) is 38.5 Å². The molecule has 0 saturated heterocycles. The number of aromatic amines is 1. The van der Waals surface area contributed by atoms with Crippen LogP contribution < -0.4 is 10.6 Å². The SMILES string of the molecule is C1CCCCC1.CNC(=O)CNC(=O)c1ccc(-c2cc3[nH]ccc3cn2)o1. The lowest BCUT2D eigenvalue weighted by atomic mass is 10.0. The van der Waals surface area contributed by atoms with Gasteiger partial charge in [0.2, 0.25) is 5.91 Å². The van der Waals surface area contributed by atoms with E-state index in [2.05, 4.69) is 20.6 Å². The van der Waals surface area contributed by atoms with E-state index < -0.39 is 5.91 Å². The van der Waals surface area contributed by atoms with Crippen LogP contribution in [0.2, 0.25) is 0 Å². The Morgan fingerprint density at radius 2 is 1.82 bits per heavy atom. The molecule has 3 heterocycles. The number of amides is 2. The van der Waals surface area contributed by atoms with Gasteiger partial charge in [-0.1, -0.05) is 38.5 Å². The first-order chi connectivity index (χ1) is 13.7. The van der Waals surface area contributed by atoms with Gasteiger partial charge in [0.05, 0.1) is 6.54 Å². The molecule has 1 fully saturated rings. The molecular weight excluding hydrogens is 356 g/mol. The van der Waals surface area contributed by atoms with Gasteiger partial charge in [0.1, 0.15) is 5.69 Å². The maximum absolute atomic E-state index is 11.9. The molecule has 148 valence electrons. The molecule has 3 aromatic heterocycles. The Kier molecular flexibility index (Phi) is 6.84. The van der Waals surface area contributed by atoms with Crippen molar-refractivity contribution in [3.63, 3.8) is 0 Å². The molecule has 0 atom stereocenters. The maximum Gasteiger partial charge on any atom is 0.287 e. The summed E-state index contributed by atoms with van der Waals surface area (Å²) in [6.45, 7) is -0.0992. The molecule has 2 amide bonds. The van der Waals surface area contributed by atoms with Crippen molar-refractivity contribution in [3.8, 4) is 11.5 Å². The fourth-order valence-corrected chi connectivity index (χ4v) is 3.07. The molecule has 4 rings (SSSR count). The smallest absolute Gasteiger partial charge is 0.287 e. The third kappa shape index (κ3) is 5.22. The van der Waals surface area contributed by atoms with Crippen LogP contribution in [-0.4, -0.2) is 35.4 Å². The van der Waals surface area contributed by atoms with Crippen molar-refractivity contribution >= 4 is 22.7 Å². The molecule has 3 N–H and O–H groups in total. The number of rotatable bonds is 4. The second-order valence-corrected chi connectivity index (χ2v) is 6.78. The van der Waals surface area contributed by atoms with Crippen LogP contribution in [0.1, 0.15) is 49.1 Å². The third-order valence-electron chi connectivity index (χ3n) is 4.71. The number of H-pyrrole nitrogens is 1. The van der Waals surface area contributed by atoms with E-state index in [0.717, 1.165) is 10.9 Å². The van der Waals surface area contributed by atoms with E-state index in [1.54, 1.807) is 18.3 Å². The van der Waals surface area contributed by atoms with Gasteiger partial charge in [-0.3, -0.25) is 14.6 Å². The summed E-state index contributed by atoms with van der Waals surface area (Å²) in [6, 6.07) is 6.99. The minimum absolute atomic E-state index is 0.0992. The highest BCUT2D eigenvalue weighted by Gasteiger charge is 2.14. The summed E-state index contributed by atoms with van der Waals surface area (Å²) in [7, 11) is 1.50. The van der Waals surface area contributed by atoms with Crippen LogP contribution in [0.4, 0.5) is 0 Å². The van der Waals surface area contributed by atoms with Crippen molar-refractivity contribution in [3.05, 3.63) is 42.4 Å². The lowest BCUT2D eigenvalue weighted by Crippen LogP contribution is -2.34. The molecule has 7 nitrogen and oxygen atoms in total. The molecule has 28 heavy (non-hydrogen) atoms. The van der Waals surface area contributed by atoms with Gasteiger partial charge in [0, 0.05) is 30.3 Å². The first kappa shape index (κ1) is 19.7. The summed E-state index contributed by atoms with van der Waals surface area (Å²) in [5.41, 5.74) is 1.56. The van der Waals surface area contributed by atoms with Crippen LogP contribution in [0, 0.1) is 0 Å². The lowest BCUT2D eigenvalue weighted by molar-refractivity contribution is -0.119. The number of furan rings is 1. The van der Waals surface area contributed by atoms with E-state index in [0.29, 0.717) is 11.5 Å². The second kappa shape index (κ2) is 9.73. The number of fused-ring (bicyclic) bond motifs is 1. The zero-order valence-corrected chi connectivity index (χ0v) is 16.1. The number of aromatic nitrogens is 2. The maximum atomic E-state index is 11.9. The van der Waals surface area contributed by atoms with E-state index >= 15 is 0 Å². The zero-order valence-electron chi connectivity index (χ0n) is 16.1. The average Bonchev–Trinajstić information content (AvgIpc) is 3.42. The minimum Gasteiger partial charge on any atom is -0.449 e. The van der Waals surface area contributed by atoms with Crippen molar-refractivity contribution in [1.82, 2.24) is 20.6 Å². The van der Waals surface area contributed by atoms with Crippen molar-refractivity contribution in [2.75, 3.05) is 13.6 Å². The van der Waals surface area contributed by atoms with Crippen LogP contribution >= 0.6 is 0 Å². The van der Waals surface area contributed by atoms with Crippen molar-refractivity contribution < 1.29 is 14.0 Å². The predicted octanol–water partition coefficient (Wildman–Crippen LogP) is 3.64. The fourth-order valence-electron chi connectivity index (χ4n) is 3.07. The van der Waals surface area contributed by atoms with Gasteiger partial charge < -0.3 is 20.0 Å². The summed E-state index contributed by atoms with van der Waals surface area (Å²) in [4.78, 5) is 30.4. The molecule has 3 aromatic rings. The number of pyridine rings is 1. The van der Waals surface area contributed by atoms with Crippen LogP contribution in [0.5, 0.6) is 0 Å². The Labute approximate surface area is 163 Å². The van der Waals surface area contributed by atoms with Gasteiger partial charge in [-0.05, 0) is 24.3 Å². The largest absolute Gasteiger partial charge is 0.449 e. The number of likely N-dealkylation sites (N-methyl/N-ethyl adjacent to an activating group) is 1. The molecule has 1 saturated carbocycles. The molecule has 0 spiro atoms. The fraction of sp³-hybridized carbons (Fsp3) is 0.381. The Hall–Kier alpha value is -3.09. The number of carbonyl (C=O) groups is 2. The highest BCUT2D eigenvalue weighted by molar-refractivity contribution is 5.94. The first-order valence-electron chi connectivity index (χ1n) is 9.69. The Morgan fingerprint density at radius 3 is 2.50 bits per heavy atom. The van der Waals surface area contributed by atoms with Crippen LogP contribution in [0.3, 0.4) is 0 Å². The normalized spacial score (nSPS) is 13.5. The number of nitrogens with zero attached hydrogens (tertiary/aromatic N) is 1. The summed E-state index contributed by atoms with van der Waals surface area (Å²) in [5.74, 6) is -0.108. The molecular formula is C21H26N4O3. The number of nitrogens with one attached hydrogen (secondary N) is 3. The quantitative estimate of drug-likeness (QED) is 0.641. The molecule has 0 unspecified atom stereocenters. The van der Waals surface area contributed by atoms with Crippen LogP contribution in [0.25, 0.3) is 22.4 Å². The Bertz CT molecular complexity index is 913. The van der Waals surface area contributed by atoms with E-state index in [1.807, 2.05) is 18.3 Å². The topological polar surface area (TPSA) is 100 Å². The number of hydrogen-bond donors (Lipinski definition) is 3. The van der Waals surface area contributed by atoms with Crippen LogP contribution in [-0.2, 0) is 4.79 Å². The van der Waals surface area contributed by atoms with Gasteiger partial charge >= 0.3 is 0 Å². The summed E-state index contributed by atoms with van der Waals surface area (Å²) < 4.78 is 5.50. The number of carbonyl (C=O) groups excluding carboxylic acids is 2. The molecule has 0 aromatic carbocycles. The summed E-state index contributed by atoms with van der Waals surface area (Å²) in [5, 5.41) is 5.89. The zero-order chi connectivity index (χ0) is 19.8. The van der Waals surface area contributed by atoms with Gasteiger partial charge in [-0.2, -0.15) is 0 Å². The highest BCUT2D eigenvalue weighted by atomic mass is 16.4. The Morgan fingerprint density at radius 1 is 1.11 bits per heavy atom.